The molecule has 1 unspecified atom stereocenters. The van der Waals surface area contributed by atoms with Crippen molar-refractivity contribution < 1.29 is 33.6 Å². The molecule has 1 fully saturated rings. The number of aliphatic hydroxyl groups excluding tert-OH is 1. The van der Waals surface area contributed by atoms with E-state index in [1.54, 1.807) is 43.5 Å². The number of ether oxygens (including phenoxy) is 4. The van der Waals surface area contributed by atoms with Crippen molar-refractivity contribution in [1.29, 1.82) is 0 Å². The molecule has 0 aliphatic carbocycles. The number of rotatable bonds is 10. The molecule has 3 aromatic carbocycles. The zero-order chi connectivity index (χ0) is 29.0. The fourth-order valence-electron chi connectivity index (χ4n) is 4.88. The van der Waals surface area contributed by atoms with Crippen molar-refractivity contribution in [2.24, 2.45) is 0 Å². The Bertz CT molecular complexity index is 1460. The lowest BCUT2D eigenvalue weighted by Gasteiger charge is -2.28. The zero-order valence-electron chi connectivity index (χ0n) is 23.7. The average molecular weight is 546 g/mol. The lowest BCUT2D eigenvalue weighted by Crippen LogP contribution is -2.30. The van der Waals surface area contributed by atoms with Gasteiger partial charge in [-0.05, 0) is 81.6 Å². The van der Waals surface area contributed by atoms with Gasteiger partial charge in [-0.2, -0.15) is 0 Å². The molecule has 1 atom stereocenters. The summed E-state index contributed by atoms with van der Waals surface area (Å²) >= 11 is 0. The lowest BCUT2D eigenvalue weighted by atomic mass is 9.94. The summed E-state index contributed by atoms with van der Waals surface area (Å²) in [5.74, 6) is 0.00574. The van der Waals surface area contributed by atoms with Gasteiger partial charge in [0.15, 0.2) is 11.5 Å². The van der Waals surface area contributed by atoms with Gasteiger partial charge < -0.3 is 24.1 Å². The Morgan fingerprint density at radius 3 is 2.20 bits per heavy atom. The van der Waals surface area contributed by atoms with Crippen LogP contribution < -0.4 is 23.8 Å². The Balaban J connectivity index is 2.00. The van der Waals surface area contributed by atoms with Gasteiger partial charge in [0.05, 0.1) is 44.1 Å². The van der Waals surface area contributed by atoms with Gasteiger partial charge in [0.2, 0.25) is 0 Å². The number of amides is 1. The second-order valence-electron chi connectivity index (χ2n) is 9.33. The first-order valence-corrected chi connectivity index (χ1v) is 13.3. The highest BCUT2D eigenvalue weighted by atomic mass is 16.5. The number of nitrogens with zero attached hydrogens (tertiary/aromatic N) is 1. The number of carbonyl (C=O) groups excluding carboxylic acids is 2. The summed E-state index contributed by atoms with van der Waals surface area (Å²) in [6.07, 6.45) is 0. The average Bonchev–Trinajstić information content (AvgIpc) is 3.20. The van der Waals surface area contributed by atoms with E-state index in [4.69, 9.17) is 18.9 Å². The second-order valence-corrected chi connectivity index (χ2v) is 9.33. The molecule has 0 aromatic heterocycles. The molecule has 1 aliphatic rings. The summed E-state index contributed by atoms with van der Waals surface area (Å²) in [7, 11) is 1.54. The van der Waals surface area contributed by atoms with Crippen molar-refractivity contribution >= 4 is 23.1 Å². The number of aliphatic hydroxyl groups is 1. The van der Waals surface area contributed by atoms with E-state index in [0.717, 1.165) is 11.1 Å². The molecule has 210 valence electrons. The van der Waals surface area contributed by atoms with Crippen molar-refractivity contribution in [2.45, 2.75) is 40.7 Å². The minimum Gasteiger partial charge on any atom is -0.507 e. The largest absolute Gasteiger partial charge is 0.507 e. The van der Waals surface area contributed by atoms with Gasteiger partial charge in [-0.25, -0.2) is 0 Å². The molecule has 40 heavy (non-hydrogen) atoms. The third kappa shape index (κ3) is 5.34. The number of anilines is 1. The van der Waals surface area contributed by atoms with E-state index in [1.165, 1.54) is 4.90 Å². The highest BCUT2D eigenvalue weighted by Crippen LogP contribution is 2.46. The third-order valence-electron chi connectivity index (χ3n) is 6.69. The van der Waals surface area contributed by atoms with E-state index in [2.05, 4.69) is 0 Å². The summed E-state index contributed by atoms with van der Waals surface area (Å²) in [6, 6.07) is 15.0. The van der Waals surface area contributed by atoms with Crippen LogP contribution in [-0.2, 0) is 9.59 Å². The van der Waals surface area contributed by atoms with Crippen LogP contribution in [0.1, 0.15) is 49.1 Å². The SMILES string of the molecule is CCOc1ccc(/C(O)=C2\C(=O)C(=O)N(c3cc(C)ccc3C)C2c2ccc(OC)c(OCC)c2)c(OCC)c1. The van der Waals surface area contributed by atoms with Crippen LogP contribution in [0.2, 0.25) is 0 Å². The van der Waals surface area contributed by atoms with Crippen LogP contribution in [0.25, 0.3) is 5.76 Å². The van der Waals surface area contributed by atoms with Gasteiger partial charge in [0.25, 0.3) is 11.7 Å². The van der Waals surface area contributed by atoms with Gasteiger partial charge in [-0.15, -0.1) is 0 Å². The maximum atomic E-state index is 13.7. The number of Topliss-reactive ketones (excluding diaryl/α,β-unsaturated/α-hetero) is 1. The fraction of sp³-hybridized carbons (Fsp3) is 0.312. The van der Waals surface area contributed by atoms with Crippen LogP contribution in [-0.4, -0.2) is 43.7 Å². The van der Waals surface area contributed by atoms with Gasteiger partial charge in [-0.1, -0.05) is 18.2 Å². The van der Waals surface area contributed by atoms with E-state index in [9.17, 15) is 14.7 Å². The lowest BCUT2D eigenvalue weighted by molar-refractivity contribution is -0.132. The van der Waals surface area contributed by atoms with Gasteiger partial charge in [0.1, 0.15) is 17.3 Å². The number of carbonyl (C=O) groups is 2. The van der Waals surface area contributed by atoms with Crippen LogP contribution in [0.3, 0.4) is 0 Å². The summed E-state index contributed by atoms with van der Waals surface area (Å²) < 4.78 is 22.7. The van der Waals surface area contributed by atoms with E-state index < -0.39 is 17.7 Å². The minimum absolute atomic E-state index is 0.0522. The molecule has 1 aliphatic heterocycles. The molecule has 0 radical (unpaired) electrons. The molecule has 1 saturated heterocycles. The first-order valence-electron chi connectivity index (χ1n) is 13.3. The molecule has 3 aromatic rings. The first kappa shape index (κ1) is 28.5. The van der Waals surface area contributed by atoms with E-state index in [0.29, 0.717) is 54.1 Å². The van der Waals surface area contributed by atoms with Gasteiger partial charge >= 0.3 is 0 Å². The standard InChI is InChI=1S/C32H35NO7/c1-7-38-22-13-14-23(26(18-22)39-8-2)30(34)28-29(21-12-15-25(37-6)27(17-21)40-9-3)33(32(36)31(28)35)24-16-19(4)10-11-20(24)5/h10-18,29,34H,7-9H2,1-6H3/b30-28+. The van der Waals surface area contributed by atoms with Crippen molar-refractivity contribution in [2.75, 3.05) is 31.8 Å². The van der Waals surface area contributed by atoms with Gasteiger partial charge in [-0.3, -0.25) is 14.5 Å². The Labute approximate surface area is 234 Å². The quantitative estimate of drug-likeness (QED) is 0.186. The predicted octanol–water partition coefficient (Wildman–Crippen LogP) is 6.13. The van der Waals surface area contributed by atoms with Crippen LogP contribution in [0, 0.1) is 13.8 Å². The summed E-state index contributed by atoms with van der Waals surface area (Å²) in [5.41, 5.74) is 3.13. The van der Waals surface area contributed by atoms with Gasteiger partial charge in [0, 0.05) is 11.8 Å². The smallest absolute Gasteiger partial charge is 0.300 e. The van der Waals surface area contributed by atoms with E-state index in [-0.39, 0.29) is 16.9 Å². The molecule has 8 nitrogen and oxygen atoms in total. The highest BCUT2D eigenvalue weighted by molar-refractivity contribution is 6.51. The number of methoxy groups -OCH3 is 1. The van der Waals surface area contributed by atoms with Crippen molar-refractivity contribution in [3.8, 4) is 23.0 Å². The molecule has 4 rings (SSSR count). The monoisotopic (exact) mass is 545 g/mol. The van der Waals surface area contributed by atoms with E-state index >= 15 is 0 Å². The van der Waals surface area contributed by atoms with E-state index in [1.807, 2.05) is 52.8 Å². The molecule has 0 bridgehead atoms. The Hall–Kier alpha value is -4.46. The number of benzene rings is 3. The number of aryl methyl sites for hydroxylation is 2. The molecule has 1 N–H and O–H groups in total. The summed E-state index contributed by atoms with van der Waals surface area (Å²) in [5, 5.41) is 11.7. The van der Waals surface area contributed by atoms with Crippen LogP contribution >= 0.6 is 0 Å². The topological polar surface area (TPSA) is 94.5 Å². The Morgan fingerprint density at radius 1 is 0.825 bits per heavy atom. The molecule has 0 spiro atoms. The Morgan fingerprint density at radius 2 is 1.52 bits per heavy atom. The normalized spacial score (nSPS) is 16.2. The van der Waals surface area contributed by atoms with Crippen LogP contribution in [0.4, 0.5) is 5.69 Å². The highest BCUT2D eigenvalue weighted by Gasteiger charge is 2.48. The zero-order valence-corrected chi connectivity index (χ0v) is 23.7. The number of hydrogen-bond donors (Lipinski definition) is 1. The third-order valence-corrected chi connectivity index (χ3v) is 6.69. The van der Waals surface area contributed by atoms with Crippen molar-refractivity contribution in [1.82, 2.24) is 0 Å². The molecule has 1 heterocycles. The second kappa shape index (κ2) is 12.2. The fourth-order valence-corrected chi connectivity index (χ4v) is 4.88. The minimum atomic E-state index is -0.938. The number of hydrogen-bond acceptors (Lipinski definition) is 7. The predicted molar refractivity (Wildman–Crippen MR) is 154 cm³/mol. The Kier molecular flexibility index (Phi) is 8.67. The maximum absolute atomic E-state index is 13.7. The first-order chi connectivity index (χ1) is 19.2. The van der Waals surface area contributed by atoms with Crippen LogP contribution in [0.5, 0.6) is 23.0 Å². The summed E-state index contributed by atoms with van der Waals surface area (Å²) in [6.45, 7) is 10.5. The molecule has 8 heteroatoms. The molecule has 1 amide bonds. The maximum Gasteiger partial charge on any atom is 0.300 e. The summed E-state index contributed by atoms with van der Waals surface area (Å²) in [4.78, 5) is 28.9. The van der Waals surface area contributed by atoms with Crippen molar-refractivity contribution in [3.63, 3.8) is 0 Å². The molecule has 0 saturated carbocycles. The van der Waals surface area contributed by atoms with Crippen molar-refractivity contribution in [3.05, 3.63) is 82.4 Å². The number of ketones is 1. The molecular weight excluding hydrogens is 510 g/mol. The van der Waals surface area contributed by atoms with Crippen LogP contribution in [0.15, 0.2) is 60.2 Å². The molecular formula is C32H35NO7.